The van der Waals surface area contributed by atoms with Crippen molar-refractivity contribution in [2.75, 3.05) is 0 Å². The highest BCUT2D eigenvalue weighted by molar-refractivity contribution is 9.10. The van der Waals surface area contributed by atoms with Crippen molar-refractivity contribution in [3.8, 4) is 5.75 Å². The molecule has 2 aromatic carbocycles. The summed E-state index contributed by atoms with van der Waals surface area (Å²) in [6.45, 7) is 0. The van der Waals surface area contributed by atoms with E-state index in [2.05, 4.69) is 26.5 Å². The second-order valence-electron chi connectivity index (χ2n) is 4.49. The molecule has 0 fully saturated rings. The number of aromatic hydroxyl groups is 1. The van der Waals surface area contributed by atoms with Crippen molar-refractivity contribution in [2.24, 2.45) is 5.10 Å². The van der Waals surface area contributed by atoms with E-state index in [9.17, 15) is 23.1 Å². The fourth-order valence-electron chi connectivity index (χ4n) is 1.67. The molecule has 0 bridgehead atoms. The maximum absolute atomic E-state index is 12.6. The van der Waals surface area contributed by atoms with Crippen molar-refractivity contribution in [3.05, 3.63) is 63.6 Å². The maximum Gasteiger partial charge on any atom is 0.416 e. The SMILES string of the molecule is O=C(N/N=C/c1ccc(O)c(Br)c1)c1cccc(C(F)(F)F)c1. The summed E-state index contributed by atoms with van der Waals surface area (Å²) < 4.78 is 38.2. The smallest absolute Gasteiger partial charge is 0.416 e. The second-order valence-corrected chi connectivity index (χ2v) is 5.34. The number of hydrogen-bond acceptors (Lipinski definition) is 3. The molecule has 1 amide bonds. The zero-order valence-corrected chi connectivity index (χ0v) is 13.0. The number of carbonyl (C=O) groups is 1. The van der Waals surface area contributed by atoms with Crippen LogP contribution in [0.4, 0.5) is 13.2 Å². The van der Waals surface area contributed by atoms with Crippen LogP contribution in [-0.2, 0) is 6.18 Å². The first-order valence-corrected chi connectivity index (χ1v) is 7.06. The number of hydrogen-bond donors (Lipinski definition) is 2. The van der Waals surface area contributed by atoms with Crippen molar-refractivity contribution >= 4 is 28.1 Å². The lowest BCUT2D eigenvalue weighted by molar-refractivity contribution is -0.137. The molecule has 0 atom stereocenters. The van der Waals surface area contributed by atoms with Crippen LogP contribution in [0.1, 0.15) is 21.5 Å². The highest BCUT2D eigenvalue weighted by Crippen LogP contribution is 2.29. The number of nitrogens with zero attached hydrogens (tertiary/aromatic N) is 1. The fourth-order valence-corrected chi connectivity index (χ4v) is 2.07. The summed E-state index contributed by atoms with van der Waals surface area (Å²) >= 11 is 3.12. The zero-order chi connectivity index (χ0) is 17.0. The highest BCUT2D eigenvalue weighted by Gasteiger charge is 2.30. The minimum absolute atomic E-state index is 0.0511. The molecule has 23 heavy (non-hydrogen) atoms. The third-order valence-electron chi connectivity index (χ3n) is 2.80. The third kappa shape index (κ3) is 4.56. The van der Waals surface area contributed by atoms with Crippen LogP contribution in [0.2, 0.25) is 0 Å². The summed E-state index contributed by atoms with van der Waals surface area (Å²) in [4.78, 5) is 11.8. The van der Waals surface area contributed by atoms with E-state index < -0.39 is 17.6 Å². The Morgan fingerprint density at radius 1 is 1.22 bits per heavy atom. The minimum atomic E-state index is -4.52. The van der Waals surface area contributed by atoms with Gasteiger partial charge in [0.15, 0.2) is 0 Å². The molecule has 0 radical (unpaired) electrons. The van der Waals surface area contributed by atoms with Gasteiger partial charge >= 0.3 is 6.18 Å². The Balaban J connectivity index is 2.07. The molecule has 0 aliphatic rings. The van der Waals surface area contributed by atoms with Crippen molar-refractivity contribution in [1.29, 1.82) is 0 Å². The second kappa shape index (κ2) is 6.82. The number of phenols is 1. The Hall–Kier alpha value is -2.35. The Morgan fingerprint density at radius 2 is 1.96 bits per heavy atom. The van der Waals surface area contributed by atoms with Gasteiger partial charge in [-0.3, -0.25) is 4.79 Å². The van der Waals surface area contributed by atoms with E-state index >= 15 is 0 Å². The standard InChI is InChI=1S/C15H10BrF3N2O2/c16-12-6-9(4-5-13(12)22)8-20-21-14(23)10-2-1-3-11(7-10)15(17,18)19/h1-8,22H,(H,21,23)/b20-8+. The lowest BCUT2D eigenvalue weighted by Gasteiger charge is -2.07. The van der Waals surface area contributed by atoms with Gasteiger partial charge in [0.25, 0.3) is 5.91 Å². The molecule has 0 aromatic heterocycles. The van der Waals surface area contributed by atoms with E-state index in [0.717, 1.165) is 18.2 Å². The monoisotopic (exact) mass is 386 g/mol. The normalized spacial score (nSPS) is 11.7. The molecule has 4 nitrogen and oxygen atoms in total. The Kier molecular flexibility index (Phi) is 5.05. The molecule has 2 rings (SSSR count). The number of halogens is 4. The van der Waals surface area contributed by atoms with Crippen molar-refractivity contribution in [3.63, 3.8) is 0 Å². The van der Waals surface area contributed by atoms with E-state index in [0.29, 0.717) is 10.0 Å². The van der Waals surface area contributed by atoms with Gasteiger partial charge < -0.3 is 5.11 Å². The van der Waals surface area contributed by atoms with Gasteiger partial charge in [-0.15, -0.1) is 0 Å². The predicted octanol–water partition coefficient (Wildman–Crippen LogP) is 3.94. The molecule has 0 heterocycles. The van der Waals surface area contributed by atoms with Crippen LogP contribution in [0.3, 0.4) is 0 Å². The van der Waals surface area contributed by atoms with E-state index in [-0.39, 0.29) is 11.3 Å². The van der Waals surface area contributed by atoms with E-state index in [1.807, 2.05) is 0 Å². The van der Waals surface area contributed by atoms with Crippen LogP contribution in [0.25, 0.3) is 0 Å². The number of alkyl halides is 3. The lowest BCUT2D eigenvalue weighted by atomic mass is 10.1. The van der Waals surface area contributed by atoms with Crippen LogP contribution < -0.4 is 5.43 Å². The van der Waals surface area contributed by atoms with Crippen molar-refractivity contribution < 1.29 is 23.1 Å². The van der Waals surface area contributed by atoms with Gasteiger partial charge in [-0.2, -0.15) is 18.3 Å². The highest BCUT2D eigenvalue weighted by atomic mass is 79.9. The van der Waals surface area contributed by atoms with Gasteiger partial charge in [0.1, 0.15) is 5.75 Å². The molecule has 0 spiro atoms. The summed E-state index contributed by atoms with van der Waals surface area (Å²) in [5.41, 5.74) is 1.67. The summed E-state index contributed by atoms with van der Waals surface area (Å²) in [6, 6.07) is 8.60. The quantitative estimate of drug-likeness (QED) is 0.619. The predicted molar refractivity (Wildman–Crippen MR) is 82.3 cm³/mol. The van der Waals surface area contributed by atoms with Crippen LogP contribution in [0.15, 0.2) is 52.0 Å². The molecule has 120 valence electrons. The Labute approximate surface area is 137 Å². The first-order chi connectivity index (χ1) is 10.8. The molecular formula is C15H10BrF3N2O2. The average molecular weight is 387 g/mol. The number of hydrazone groups is 1. The van der Waals surface area contributed by atoms with Gasteiger partial charge in [0.2, 0.25) is 0 Å². The van der Waals surface area contributed by atoms with Gasteiger partial charge in [-0.1, -0.05) is 6.07 Å². The Bertz CT molecular complexity index is 761. The molecule has 0 aliphatic carbocycles. The van der Waals surface area contributed by atoms with Gasteiger partial charge in [0, 0.05) is 5.56 Å². The number of nitrogens with one attached hydrogen (secondary N) is 1. The number of carbonyl (C=O) groups excluding carboxylic acids is 1. The van der Waals surface area contributed by atoms with Gasteiger partial charge in [-0.25, -0.2) is 5.43 Å². The first kappa shape index (κ1) is 17.0. The van der Waals surface area contributed by atoms with Crippen molar-refractivity contribution in [2.45, 2.75) is 6.18 Å². The number of benzene rings is 2. The van der Waals surface area contributed by atoms with E-state index in [4.69, 9.17) is 0 Å². The van der Waals surface area contributed by atoms with Crippen LogP contribution in [0.5, 0.6) is 5.75 Å². The fraction of sp³-hybridized carbons (Fsp3) is 0.0667. The van der Waals surface area contributed by atoms with Crippen LogP contribution in [0, 0.1) is 0 Å². The summed E-state index contributed by atoms with van der Waals surface area (Å²) in [5.74, 6) is -0.708. The number of amides is 1. The molecule has 0 saturated carbocycles. The van der Waals surface area contributed by atoms with E-state index in [1.54, 1.807) is 12.1 Å². The summed E-state index contributed by atoms with van der Waals surface area (Å²) in [6.07, 6.45) is -3.21. The van der Waals surface area contributed by atoms with Gasteiger partial charge in [0.05, 0.1) is 16.3 Å². The molecule has 0 aliphatic heterocycles. The molecule has 2 aromatic rings. The summed E-state index contributed by atoms with van der Waals surface area (Å²) in [7, 11) is 0. The van der Waals surface area contributed by atoms with E-state index in [1.165, 1.54) is 18.3 Å². The topological polar surface area (TPSA) is 61.7 Å². The molecule has 0 unspecified atom stereocenters. The first-order valence-electron chi connectivity index (χ1n) is 6.26. The number of phenolic OH excluding ortho intramolecular Hbond substituents is 1. The average Bonchev–Trinajstić information content (AvgIpc) is 2.50. The molecular weight excluding hydrogens is 377 g/mol. The maximum atomic E-state index is 12.6. The molecule has 0 saturated heterocycles. The lowest BCUT2D eigenvalue weighted by Crippen LogP contribution is -2.18. The number of rotatable bonds is 3. The molecule has 2 N–H and O–H groups in total. The van der Waals surface area contributed by atoms with Crippen molar-refractivity contribution in [1.82, 2.24) is 5.43 Å². The third-order valence-corrected chi connectivity index (χ3v) is 3.44. The molecule has 8 heteroatoms. The summed E-state index contributed by atoms with van der Waals surface area (Å²) in [5, 5.41) is 13.0. The zero-order valence-electron chi connectivity index (χ0n) is 11.4. The largest absolute Gasteiger partial charge is 0.507 e. The van der Waals surface area contributed by atoms with Gasteiger partial charge in [-0.05, 0) is 57.9 Å². The van der Waals surface area contributed by atoms with Crippen LogP contribution >= 0.6 is 15.9 Å². The Morgan fingerprint density at radius 3 is 2.61 bits per heavy atom. The minimum Gasteiger partial charge on any atom is -0.507 e. The van der Waals surface area contributed by atoms with Crippen LogP contribution in [-0.4, -0.2) is 17.2 Å².